The number of nitrogens with one attached hydrogen (secondary N) is 1. The van der Waals surface area contributed by atoms with Crippen molar-refractivity contribution in [2.75, 3.05) is 10.2 Å². The normalized spacial score (nSPS) is 11.5. The van der Waals surface area contributed by atoms with Crippen molar-refractivity contribution >= 4 is 46.4 Å². The predicted molar refractivity (Wildman–Crippen MR) is 126 cm³/mol. The molecule has 0 spiro atoms. The van der Waals surface area contributed by atoms with Gasteiger partial charge in [-0.25, -0.2) is 19.1 Å². The zero-order valence-corrected chi connectivity index (χ0v) is 19.8. The number of aromatic nitrogens is 3. The molecule has 0 atom stereocenters. The maximum absolute atomic E-state index is 13.3. The zero-order valence-electron chi connectivity index (χ0n) is 19.0. The standard InChI is InChI=1S/C23H25ClFN5O3/c1-13(2)17-12-26-30-19(11-18(24)28-20(17)30)29(22(32)33-23(4,5)6)16-9-7-8-15(10-16)27-21(31)14(3)25/h7-13H,3H2,1-2,4-6H3,(H,27,31). The van der Waals surface area contributed by atoms with Crippen LogP contribution in [0.5, 0.6) is 0 Å². The van der Waals surface area contributed by atoms with Crippen molar-refractivity contribution < 1.29 is 18.7 Å². The van der Waals surface area contributed by atoms with Crippen molar-refractivity contribution in [3.63, 3.8) is 0 Å². The molecule has 3 aromatic rings. The summed E-state index contributed by atoms with van der Waals surface area (Å²) < 4.78 is 20.3. The number of anilines is 3. The van der Waals surface area contributed by atoms with Crippen LogP contribution in [0.2, 0.25) is 5.15 Å². The first-order valence-electron chi connectivity index (χ1n) is 10.2. The highest BCUT2D eigenvalue weighted by Gasteiger charge is 2.28. The zero-order chi connectivity index (χ0) is 24.5. The van der Waals surface area contributed by atoms with Gasteiger partial charge in [0, 0.05) is 17.3 Å². The molecule has 8 nitrogen and oxygen atoms in total. The van der Waals surface area contributed by atoms with Crippen molar-refractivity contribution in [1.29, 1.82) is 0 Å². The van der Waals surface area contributed by atoms with Crippen LogP contribution in [0, 0.1) is 0 Å². The van der Waals surface area contributed by atoms with E-state index in [2.05, 4.69) is 22.0 Å². The van der Waals surface area contributed by atoms with E-state index >= 15 is 0 Å². The highest BCUT2D eigenvalue weighted by molar-refractivity contribution is 6.30. The van der Waals surface area contributed by atoms with Gasteiger partial charge < -0.3 is 10.1 Å². The molecule has 3 rings (SSSR count). The highest BCUT2D eigenvalue weighted by Crippen LogP contribution is 2.33. The fraction of sp³-hybridized carbons (Fsp3) is 0.304. The molecular weight excluding hydrogens is 449 g/mol. The van der Waals surface area contributed by atoms with Gasteiger partial charge in [-0.05, 0) is 44.9 Å². The third-order valence-corrected chi connectivity index (χ3v) is 4.68. The number of hydrogen-bond donors (Lipinski definition) is 1. The van der Waals surface area contributed by atoms with Crippen LogP contribution in [0.3, 0.4) is 0 Å². The summed E-state index contributed by atoms with van der Waals surface area (Å²) >= 11 is 6.32. The van der Waals surface area contributed by atoms with Gasteiger partial charge in [0.15, 0.2) is 11.5 Å². The van der Waals surface area contributed by atoms with Crippen LogP contribution in [-0.2, 0) is 9.53 Å². The van der Waals surface area contributed by atoms with Crippen molar-refractivity contribution in [1.82, 2.24) is 14.6 Å². The summed E-state index contributed by atoms with van der Waals surface area (Å²) in [5.41, 5.74) is 1.14. The Labute approximate surface area is 196 Å². The Balaban J connectivity index is 2.20. The Hall–Kier alpha value is -3.46. The van der Waals surface area contributed by atoms with Crippen LogP contribution in [0.15, 0.2) is 48.9 Å². The molecule has 10 heteroatoms. The molecule has 1 N–H and O–H groups in total. The van der Waals surface area contributed by atoms with Gasteiger partial charge in [-0.15, -0.1) is 0 Å². The molecular formula is C23H25ClFN5O3. The average molecular weight is 474 g/mol. The summed E-state index contributed by atoms with van der Waals surface area (Å²) in [4.78, 5) is 30.7. The Kier molecular flexibility index (Phi) is 6.73. The predicted octanol–water partition coefficient (Wildman–Crippen LogP) is 6.00. The first kappa shape index (κ1) is 24.2. The van der Waals surface area contributed by atoms with E-state index in [1.807, 2.05) is 13.8 Å². The molecule has 33 heavy (non-hydrogen) atoms. The van der Waals surface area contributed by atoms with Gasteiger partial charge in [0.1, 0.15) is 16.6 Å². The first-order chi connectivity index (χ1) is 15.4. The molecule has 0 saturated heterocycles. The fourth-order valence-corrected chi connectivity index (χ4v) is 3.24. The second-order valence-electron chi connectivity index (χ2n) is 8.65. The lowest BCUT2D eigenvalue weighted by molar-refractivity contribution is -0.114. The number of ether oxygens (including phenoxy) is 1. The van der Waals surface area contributed by atoms with Crippen LogP contribution in [-0.4, -0.2) is 32.2 Å². The van der Waals surface area contributed by atoms with Gasteiger partial charge in [0.05, 0.1) is 11.9 Å². The van der Waals surface area contributed by atoms with Crippen LogP contribution >= 0.6 is 11.6 Å². The fourth-order valence-electron chi connectivity index (χ4n) is 3.06. The molecule has 0 aliphatic heterocycles. The molecule has 0 aliphatic rings. The third kappa shape index (κ3) is 5.48. The second-order valence-corrected chi connectivity index (χ2v) is 9.04. The molecule has 0 radical (unpaired) electrons. The summed E-state index contributed by atoms with van der Waals surface area (Å²) in [7, 11) is 0. The van der Waals surface area contributed by atoms with Gasteiger partial charge in [-0.2, -0.15) is 9.61 Å². The summed E-state index contributed by atoms with van der Waals surface area (Å²) in [5, 5.41) is 6.96. The van der Waals surface area contributed by atoms with Crippen LogP contribution in [0.1, 0.15) is 46.1 Å². The van der Waals surface area contributed by atoms with Gasteiger partial charge in [-0.3, -0.25) is 4.79 Å². The SMILES string of the molecule is C=C(F)C(=O)Nc1cccc(N(C(=O)OC(C)(C)C)c2cc(Cl)nc3c(C(C)C)cnn23)c1. The van der Waals surface area contributed by atoms with Crippen LogP contribution < -0.4 is 10.2 Å². The number of benzene rings is 1. The lowest BCUT2D eigenvalue weighted by atomic mass is 10.1. The lowest BCUT2D eigenvalue weighted by Crippen LogP contribution is -2.35. The molecule has 1 aromatic carbocycles. The van der Waals surface area contributed by atoms with E-state index in [0.717, 1.165) is 5.56 Å². The Morgan fingerprint density at radius 3 is 2.58 bits per heavy atom. The molecule has 2 heterocycles. The third-order valence-electron chi connectivity index (χ3n) is 4.48. The van der Waals surface area contributed by atoms with Gasteiger partial charge in [-0.1, -0.05) is 38.1 Å². The summed E-state index contributed by atoms with van der Waals surface area (Å²) in [6.07, 6.45) is 0.968. The number of halogens is 2. The summed E-state index contributed by atoms with van der Waals surface area (Å²) in [6.45, 7) is 12.2. The Morgan fingerprint density at radius 2 is 1.97 bits per heavy atom. The van der Waals surface area contributed by atoms with Crippen molar-refractivity contribution in [3.8, 4) is 0 Å². The minimum absolute atomic E-state index is 0.114. The van der Waals surface area contributed by atoms with E-state index in [4.69, 9.17) is 16.3 Å². The lowest BCUT2D eigenvalue weighted by Gasteiger charge is -2.28. The summed E-state index contributed by atoms with van der Waals surface area (Å²) in [5.74, 6) is -1.73. The summed E-state index contributed by atoms with van der Waals surface area (Å²) in [6, 6.07) is 7.78. The van der Waals surface area contributed by atoms with E-state index in [9.17, 15) is 14.0 Å². The maximum Gasteiger partial charge on any atom is 0.420 e. The number of hydrogen-bond acceptors (Lipinski definition) is 5. The van der Waals surface area contributed by atoms with Crippen LogP contribution in [0.4, 0.5) is 26.4 Å². The molecule has 0 unspecified atom stereocenters. The average Bonchev–Trinajstić information content (AvgIpc) is 3.11. The molecule has 0 saturated carbocycles. The largest absolute Gasteiger partial charge is 0.443 e. The maximum atomic E-state index is 13.3. The number of rotatable bonds is 5. The molecule has 174 valence electrons. The van der Waals surface area contributed by atoms with E-state index in [-0.39, 0.29) is 22.6 Å². The first-order valence-corrected chi connectivity index (χ1v) is 10.6. The number of amides is 2. The van der Waals surface area contributed by atoms with Gasteiger partial charge >= 0.3 is 6.09 Å². The molecule has 0 fully saturated rings. The van der Waals surface area contributed by atoms with E-state index in [1.165, 1.54) is 21.5 Å². The van der Waals surface area contributed by atoms with E-state index in [1.54, 1.807) is 45.2 Å². The smallest absolute Gasteiger partial charge is 0.420 e. The van der Waals surface area contributed by atoms with Crippen molar-refractivity contribution in [2.24, 2.45) is 0 Å². The molecule has 2 aromatic heterocycles. The molecule has 0 aliphatic carbocycles. The number of fused-ring (bicyclic) bond motifs is 1. The minimum Gasteiger partial charge on any atom is -0.443 e. The van der Waals surface area contributed by atoms with E-state index in [0.29, 0.717) is 11.3 Å². The van der Waals surface area contributed by atoms with Gasteiger partial charge in [0.2, 0.25) is 0 Å². The van der Waals surface area contributed by atoms with Gasteiger partial charge in [0.25, 0.3) is 5.91 Å². The highest BCUT2D eigenvalue weighted by atomic mass is 35.5. The monoisotopic (exact) mass is 473 g/mol. The minimum atomic E-state index is -1.13. The quantitative estimate of drug-likeness (QED) is 0.362. The second kappa shape index (κ2) is 9.19. The molecule has 2 amide bonds. The Morgan fingerprint density at radius 1 is 1.27 bits per heavy atom. The number of carbonyl (C=O) groups excluding carboxylic acids is 2. The molecule has 0 bridgehead atoms. The topological polar surface area (TPSA) is 88.8 Å². The van der Waals surface area contributed by atoms with E-state index < -0.39 is 23.4 Å². The number of carbonyl (C=O) groups is 2. The Bertz CT molecular complexity index is 1230. The van der Waals surface area contributed by atoms with Crippen molar-refractivity contribution in [2.45, 2.75) is 46.1 Å². The van der Waals surface area contributed by atoms with Crippen LogP contribution in [0.25, 0.3) is 5.65 Å². The number of nitrogens with zero attached hydrogens (tertiary/aromatic N) is 4. The van der Waals surface area contributed by atoms with Crippen molar-refractivity contribution in [3.05, 3.63) is 59.7 Å².